The zero-order valence-corrected chi connectivity index (χ0v) is 14.9. The Hall–Kier alpha value is -0.470. The zero-order chi connectivity index (χ0) is 16.0. The fraction of sp³-hybridized carbons (Fsp3) is 0.571. The Bertz CT molecular complexity index is 569. The molecule has 0 fully saturated rings. The topological polar surface area (TPSA) is 75.6 Å². The molecule has 0 heterocycles. The molecule has 120 valence electrons. The smallest absolute Gasteiger partial charge is 0.241 e. The first-order valence-corrected chi connectivity index (χ1v) is 9.04. The molecular formula is C14H22BrNO4S. The van der Waals surface area contributed by atoms with Crippen LogP contribution in [0, 0.1) is 6.92 Å². The van der Waals surface area contributed by atoms with Crippen molar-refractivity contribution in [2.75, 3.05) is 13.7 Å². The first kappa shape index (κ1) is 18.6. The summed E-state index contributed by atoms with van der Waals surface area (Å²) >= 11 is 3.33. The SMILES string of the molecule is CCCC(COC)NS(=O)(=O)c1cc(CO)cc(Br)c1C. The second-order valence-electron chi connectivity index (χ2n) is 4.92. The molecule has 1 unspecified atom stereocenters. The summed E-state index contributed by atoms with van der Waals surface area (Å²) in [6, 6.07) is 2.95. The summed E-state index contributed by atoms with van der Waals surface area (Å²) in [4.78, 5) is 0.179. The molecule has 21 heavy (non-hydrogen) atoms. The van der Waals surface area contributed by atoms with Gasteiger partial charge in [-0.15, -0.1) is 0 Å². The molecule has 7 heteroatoms. The van der Waals surface area contributed by atoms with Gasteiger partial charge in [-0.25, -0.2) is 13.1 Å². The average Bonchev–Trinajstić information content (AvgIpc) is 2.41. The maximum atomic E-state index is 12.6. The predicted octanol–water partition coefficient (Wildman–Crippen LogP) is 2.34. The highest BCUT2D eigenvalue weighted by molar-refractivity contribution is 9.10. The molecule has 1 atom stereocenters. The maximum Gasteiger partial charge on any atom is 0.241 e. The Labute approximate surface area is 134 Å². The Balaban J connectivity index is 3.14. The van der Waals surface area contributed by atoms with Crippen molar-refractivity contribution in [2.24, 2.45) is 0 Å². The molecule has 0 aliphatic rings. The molecule has 1 aromatic carbocycles. The molecule has 0 saturated carbocycles. The molecule has 0 aliphatic carbocycles. The van der Waals surface area contributed by atoms with Crippen LogP contribution in [0.1, 0.15) is 30.9 Å². The van der Waals surface area contributed by atoms with Crippen molar-refractivity contribution in [3.05, 3.63) is 27.7 Å². The van der Waals surface area contributed by atoms with Crippen molar-refractivity contribution >= 4 is 26.0 Å². The third-order valence-corrected chi connectivity index (χ3v) is 5.63. The minimum absolute atomic E-state index is 0.179. The third kappa shape index (κ3) is 5.03. The average molecular weight is 380 g/mol. The van der Waals surface area contributed by atoms with Crippen LogP contribution in [0.4, 0.5) is 0 Å². The largest absolute Gasteiger partial charge is 0.392 e. The van der Waals surface area contributed by atoms with Gasteiger partial charge in [-0.2, -0.15) is 0 Å². The number of nitrogens with one attached hydrogen (secondary N) is 1. The summed E-state index contributed by atoms with van der Waals surface area (Å²) in [6.45, 7) is 3.83. The van der Waals surface area contributed by atoms with Crippen LogP contribution in [0.25, 0.3) is 0 Å². The van der Waals surface area contributed by atoms with Gasteiger partial charge in [-0.1, -0.05) is 29.3 Å². The van der Waals surface area contributed by atoms with Gasteiger partial charge in [0.25, 0.3) is 0 Å². The van der Waals surface area contributed by atoms with Crippen molar-refractivity contribution in [3.63, 3.8) is 0 Å². The van der Waals surface area contributed by atoms with Crippen LogP contribution in [-0.4, -0.2) is 33.3 Å². The van der Waals surface area contributed by atoms with Crippen LogP contribution in [0.2, 0.25) is 0 Å². The highest BCUT2D eigenvalue weighted by atomic mass is 79.9. The maximum absolute atomic E-state index is 12.6. The first-order valence-electron chi connectivity index (χ1n) is 6.76. The number of hydrogen-bond donors (Lipinski definition) is 2. The minimum Gasteiger partial charge on any atom is -0.392 e. The molecule has 0 spiro atoms. The molecule has 0 saturated heterocycles. The van der Waals surface area contributed by atoms with Crippen LogP contribution >= 0.6 is 15.9 Å². The summed E-state index contributed by atoms with van der Waals surface area (Å²) in [7, 11) is -2.11. The molecular weight excluding hydrogens is 358 g/mol. The second kappa shape index (κ2) is 8.24. The Kier molecular flexibility index (Phi) is 7.29. The molecule has 0 radical (unpaired) electrons. The molecule has 0 bridgehead atoms. The van der Waals surface area contributed by atoms with Crippen molar-refractivity contribution in [3.8, 4) is 0 Å². The van der Waals surface area contributed by atoms with E-state index >= 15 is 0 Å². The Morgan fingerprint density at radius 2 is 2.10 bits per heavy atom. The molecule has 0 aliphatic heterocycles. The first-order chi connectivity index (χ1) is 9.85. The highest BCUT2D eigenvalue weighted by Gasteiger charge is 2.23. The quantitative estimate of drug-likeness (QED) is 0.726. The third-order valence-electron chi connectivity index (χ3n) is 3.16. The summed E-state index contributed by atoms with van der Waals surface area (Å²) in [5.41, 5.74) is 1.17. The van der Waals surface area contributed by atoms with Crippen molar-refractivity contribution in [2.45, 2.75) is 44.2 Å². The predicted molar refractivity (Wildman–Crippen MR) is 85.7 cm³/mol. The number of rotatable bonds is 8. The minimum atomic E-state index is -3.66. The van der Waals surface area contributed by atoms with E-state index in [0.717, 1.165) is 6.42 Å². The van der Waals surface area contributed by atoms with E-state index in [1.807, 2.05) is 6.92 Å². The van der Waals surface area contributed by atoms with Gasteiger partial charge in [-0.05, 0) is 36.6 Å². The summed E-state index contributed by atoms with van der Waals surface area (Å²) in [5, 5.41) is 9.24. The normalized spacial score (nSPS) is 13.4. The van der Waals surface area contributed by atoms with Crippen LogP contribution in [-0.2, 0) is 21.4 Å². The lowest BCUT2D eigenvalue weighted by Crippen LogP contribution is -2.38. The molecule has 0 amide bonds. The fourth-order valence-electron chi connectivity index (χ4n) is 2.09. The molecule has 1 rings (SSSR count). The Morgan fingerprint density at radius 1 is 1.43 bits per heavy atom. The Morgan fingerprint density at radius 3 is 2.62 bits per heavy atom. The van der Waals surface area contributed by atoms with Gasteiger partial charge in [0.2, 0.25) is 10.0 Å². The van der Waals surface area contributed by atoms with E-state index in [1.54, 1.807) is 20.1 Å². The summed E-state index contributed by atoms with van der Waals surface area (Å²) in [5.74, 6) is 0. The number of halogens is 1. The van der Waals surface area contributed by atoms with E-state index in [1.165, 1.54) is 6.07 Å². The molecule has 0 aromatic heterocycles. The lowest BCUT2D eigenvalue weighted by atomic mass is 10.2. The standard InChI is InChI=1S/C14H22BrNO4S/c1-4-5-12(9-20-3)16-21(18,19)14-7-11(8-17)6-13(15)10(14)2/h6-7,12,16-17H,4-5,8-9H2,1-3H3. The monoisotopic (exact) mass is 379 g/mol. The van der Waals surface area contributed by atoms with Gasteiger partial charge in [0, 0.05) is 17.6 Å². The number of aliphatic hydroxyl groups is 1. The van der Waals surface area contributed by atoms with Gasteiger partial charge in [0.1, 0.15) is 0 Å². The van der Waals surface area contributed by atoms with Gasteiger partial charge in [0.15, 0.2) is 0 Å². The van der Waals surface area contributed by atoms with E-state index in [4.69, 9.17) is 4.74 Å². The summed E-state index contributed by atoms with van der Waals surface area (Å²) < 4.78 is 33.5. The molecule has 5 nitrogen and oxygen atoms in total. The van der Waals surface area contributed by atoms with Crippen LogP contribution in [0.5, 0.6) is 0 Å². The number of ether oxygens (including phenoxy) is 1. The number of hydrogen-bond acceptors (Lipinski definition) is 4. The van der Waals surface area contributed by atoms with Gasteiger partial charge in [0.05, 0.1) is 18.1 Å². The molecule has 2 N–H and O–H groups in total. The van der Waals surface area contributed by atoms with Crippen molar-refractivity contribution in [1.82, 2.24) is 4.72 Å². The second-order valence-corrected chi connectivity index (χ2v) is 7.46. The van der Waals surface area contributed by atoms with E-state index < -0.39 is 10.0 Å². The number of sulfonamides is 1. The fourth-order valence-corrected chi connectivity index (χ4v) is 4.30. The van der Waals surface area contributed by atoms with Gasteiger partial charge >= 0.3 is 0 Å². The number of benzene rings is 1. The van der Waals surface area contributed by atoms with Crippen LogP contribution in [0.15, 0.2) is 21.5 Å². The van der Waals surface area contributed by atoms with Crippen LogP contribution in [0.3, 0.4) is 0 Å². The van der Waals surface area contributed by atoms with Gasteiger partial charge in [-0.3, -0.25) is 0 Å². The lowest BCUT2D eigenvalue weighted by Gasteiger charge is -2.19. The molecule has 1 aromatic rings. The van der Waals surface area contributed by atoms with Gasteiger partial charge < -0.3 is 9.84 Å². The van der Waals surface area contributed by atoms with Crippen LogP contribution < -0.4 is 4.72 Å². The summed E-state index contributed by atoms with van der Waals surface area (Å²) in [6.07, 6.45) is 1.56. The van der Waals surface area contributed by atoms with E-state index in [-0.39, 0.29) is 17.5 Å². The van der Waals surface area contributed by atoms with E-state index in [9.17, 15) is 13.5 Å². The van der Waals surface area contributed by atoms with E-state index in [2.05, 4.69) is 20.7 Å². The lowest BCUT2D eigenvalue weighted by molar-refractivity contribution is 0.171. The van der Waals surface area contributed by atoms with Crippen molar-refractivity contribution in [1.29, 1.82) is 0 Å². The highest BCUT2D eigenvalue weighted by Crippen LogP contribution is 2.26. The number of aliphatic hydroxyl groups excluding tert-OH is 1. The van der Waals surface area contributed by atoms with E-state index in [0.29, 0.717) is 28.6 Å². The van der Waals surface area contributed by atoms with Crippen molar-refractivity contribution < 1.29 is 18.3 Å². The number of methoxy groups -OCH3 is 1. The zero-order valence-electron chi connectivity index (χ0n) is 12.5.